The van der Waals surface area contributed by atoms with Crippen LogP contribution in [-0.2, 0) is 4.79 Å². The minimum Gasteiger partial charge on any atom is -0.315 e. The van der Waals surface area contributed by atoms with Gasteiger partial charge in [0.2, 0.25) is 5.91 Å². The Morgan fingerprint density at radius 1 is 1.41 bits per heavy atom. The summed E-state index contributed by atoms with van der Waals surface area (Å²) in [6.45, 7) is 6.31. The summed E-state index contributed by atoms with van der Waals surface area (Å²) in [6.07, 6.45) is 0.378. The number of nitrogens with zero attached hydrogens (tertiary/aromatic N) is 1. The molecule has 0 spiro atoms. The third-order valence-corrected chi connectivity index (χ3v) is 3.13. The average molecular weight is 254 g/mol. The number of benzene rings is 1. The maximum Gasteiger partial charge on any atom is 0.227 e. The Morgan fingerprint density at radius 3 is 2.59 bits per heavy atom. The molecule has 1 rings (SSSR count). The number of aryl methyl sites for hydroxylation is 1. The lowest BCUT2D eigenvalue weighted by Crippen LogP contribution is -2.27. The molecule has 0 aromatic heterocycles. The number of halogens is 1. The van der Waals surface area contributed by atoms with E-state index in [9.17, 15) is 4.79 Å². The Hall–Kier alpha value is -1.02. The van der Waals surface area contributed by atoms with Crippen molar-refractivity contribution in [2.75, 3.05) is 17.8 Å². The molecule has 0 unspecified atom stereocenters. The second-order valence-electron chi connectivity index (χ2n) is 4.59. The highest BCUT2D eigenvalue weighted by Gasteiger charge is 2.13. The van der Waals surface area contributed by atoms with E-state index in [1.807, 2.05) is 6.92 Å². The summed E-state index contributed by atoms with van der Waals surface area (Å²) in [6, 6.07) is 6.27. The maximum absolute atomic E-state index is 11.8. The van der Waals surface area contributed by atoms with Crippen LogP contribution >= 0.6 is 11.6 Å². The first kappa shape index (κ1) is 14.0. The van der Waals surface area contributed by atoms with Crippen LogP contribution in [0.15, 0.2) is 18.2 Å². The van der Waals surface area contributed by atoms with Crippen LogP contribution in [0.2, 0.25) is 0 Å². The molecule has 0 radical (unpaired) electrons. The average Bonchev–Trinajstić information content (AvgIpc) is 2.28. The van der Waals surface area contributed by atoms with Gasteiger partial charge in [-0.3, -0.25) is 4.79 Å². The zero-order valence-corrected chi connectivity index (χ0v) is 11.7. The van der Waals surface area contributed by atoms with Gasteiger partial charge in [0.05, 0.1) is 0 Å². The fourth-order valence-electron chi connectivity index (χ4n) is 1.73. The van der Waals surface area contributed by atoms with Crippen LogP contribution in [0.1, 0.15) is 37.3 Å². The van der Waals surface area contributed by atoms with E-state index in [-0.39, 0.29) is 5.91 Å². The van der Waals surface area contributed by atoms with E-state index in [1.54, 1.807) is 11.9 Å². The second kappa shape index (κ2) is 6.06. The lowest BCUT2D eigenvalue weighted by Gasteiger charge is -2.21. The number of rotatable bonds is 4. The normalized spacial score (nSPS) is 10.7. The van der Waals surface area contributed by atoms with Gasteiger partial charge in [0.25, 0.3) is 0 Å². The molecule has 1 aromatic carbocycles. The fraction of sp³-hybridized carbons (Fsp3) is 0.500. The van der Waals surface area contributed by atoms with Crippen LogP contribution in [0.25, 0.3) is 0 Å². The molecule has 0 N–H and O–H groups in total. The van der Waals surface area contributed by atoms with Crippen LogP contribution in [0.3, 0.4) is 0 Å². The number of carbonyl (C=O) groups is 1. The van der Waals surface area contributed by atoms with Crippen LogP contribution < -0.4 is 4.90 Å². The highest BCUT2D eigenvalue weighted by atomic mass is 35.5. The summed E-state index contributed by atoms with van der Waals surface area (Å²) in [7, 11) is 1.81. The van der Waals surface area contributed by atoms with E-state index in [0.717, 1.165) is 11.3 Å². The van der Waals surface area contributed by atoms with Crippen molar-refractivity contribution in [1.29, 1.82) is 0 Å². The quantitative estimate of drug-likeness (QED) is 0.749. The van der Waals surface area contributed by atoms with Crippen molar-refractivity contribution in [1.82, 2.24) is 0 Å². The minimum atomic E-state index is 0.0593. The maximum atomic E-state index is 11.8. The Balaban J connectivity index is 3.03. The summed E-state index contributed by atoms with van der Waals surface area (Å²) in [5.74, 6) is 0.890. The van der Waals surface area contributed by atoms with Crippen molar-refractivity contribution in [3.8, 4) is 0 Å². The van der Waals surface area contributed by atoms with E-state index in [2.05, 4.69) is 32.0 Å². The first-order valence-electron chi connectivity index (χ1n) is 5.90. The molecule has 1 aromatic rings. The molecule has 0 saturated carbocycles. The molecule has 0 atom stereocenters. The van der Waals surface area contributed by atoms with E-state index in [1.165, 1.54) is 5.56 Å². The van der Waals surface area contributed by atoms with Gasteiger partial charge < -0.3 is 4.90 Å². The minimum absolute atomic E-state index is 0.0593. The van der Waals surface area contributed by atoms with Crippen molar-refractivity contribution >= 4 is 23.2 Å². The molecule has 17 heavy (non-hydrogen) atoms. The first-order chi connectivity index (χ1) is 7.97. The number of amides is 1. The van der Waals surface area contributed by atoms with Crippen molar-refractivity contribution in [3.05, 3.63) is 29.3 Å². The predicted molar refractivity (Wildman–Crippen MR) is 74.0 cm³/mol. The van der Waals surface area contributed by atoms with Crippen LogP contribution in [0.4, 0.5) is 5.69 Å². The summed E-state index contributed by atoms with van der Waals surface area (Å²) >= 11 is 5.60. The van der Waals surface area contributed by atoms with Gasteiger partial charge >= 0.3 is 0 Å². The van der Waals surface area contributed by atoms with Gasteiger partial charge in [0.1, 0.15) is 0 Å². The van der Waals surface area contributed by atoms with Gasteiger partial charge in [0, 0.05) is 25.0 Å². The van der Waals surface area contributed by atoms with E-state index < -0.39 is 0 Å². The molecule has 0 heterocycles. The van der Waals surface area contributed by atoms with Gasteiger partial charge in [-0.2, -0.15) is 0 Å². The van der Waals surface area contributed by atoms with Gasteiger partial charge in [0.15, 0.2) is 0 Å². The number of alkyl halides is 1. The van der Waals surface area contributed by atoms with Crippen LogP contribution in [0.5, 0.6) is 0 Å². The molecule has 0 aliphatic rings. The topological polar surface area (TPSA) is 20.3 Å². The van der Waals surface area contributed by atoms with E-state index in [0.29, 0.717) is 18.2 Å². The Kier molecular flexibility index (Phi) is 5.01. The fourth-order valence-corrected chi connectivity index (χ4v) is 1.89. The lowest BCUT2D eigenvalue weighted by molar-refractivity contribution is -0.117. The van der Waals surface area contributed by atoms with Gasteiger partial charge in [-0.15, -0.1) is 11.6 Å². The summed E-state index contributed by atoms with van der Waals surface area (Å²) in [5.41, 5.74) is 3.34. The number of hydrogen-bond acceptors (Lipinski definition) is 1. The summed E-state index contributed by atoms with van der Waals surface area (Å²) < 4.78 is 0. The third-order valence-electron chi connectivity index (χ3n) is 2.94. The first-order valence-corrected chi connectivity index (χ1v) is 6.44. The smallest absolute Gasteiger partial charge is 0.227 e. The van der Waals surface area contributed by atoms with Crippen LogP contribution in [0, 0.1) is 6.92 Å². The molecule has 0 bridgehead atoms. The van der Waals surface area contributed by atoms with Crippen LogP contribution in [-0.4, -0.2) is 18.8 Å². The lowest BCUT2D eigenvalue weighted by atomic mass is 10.00. The third kappa shape index (κ3) is 3.47. The van der Waals surface area contributed by atoms with E-state index in [4.69, 9.17) is 11.6 Å². The highest BCUT2D eigenvalue weighted by molar-refractivity contribution is 6.19. The standard InChI is InChI=1S/C14H20ClNO/c1-10(2)12-6-5-11(3)13(9-12)16(4)14(17)7-8-15/h5-6,9-10H,7-8H2,1-4H3. The zero-order chi connectivity index (χ0) is 13.0. The molecule has 94 valence electrons. The molecular formula is C14H20ClNO. The Morgan fingerprint density at radius 2 is 2.06 bits per heavy atom. The molecule has 0 fully saturated rings. The molecule has 0 aliphatic carbocycles. The molecule has 2 nitrogen and oxygen atoms in total. The molecule has 0 saturated heterocycles. The predicted octanol–water partition coefficient (Wildman–Crippen LogP) is 3.71. The largest absolute Gasteiger partial charge is 0.315 e. The van der Waals surface area contributed by atoms with E-state index >= 15 is 0 Å². The van der Waals surface area contributed by atoms with Crippen molar-refractivity contribution in [2.45, 2.75) is 33.1 Å². The van der Waals surface area contributed by atoms with Crippen molar-refractivity contribution in [2.24, 2.45) is 0 Å². The monoisotopic (exact) mass is 253 g/mol. The zero-order valence-electron chi connectivity index (χ0n) is 11.0. The van der Waals surface area contributed by atoms with Crippen molar-refractivity contribution in [3.63, 3.8) is 0 Å². The molecule has 1 amide bonds. The summed E-state index contributed by atoms with van der Waals surface area (Å²) in [4.78, 5) is 13.5. The van der Waals surface area contributed by atoms with Gasteiger partial charge in [-0.1, -0.05) is 26.0 Å². The number of carbonyl (C=O) groups excluding carboxylic acids is 1. The molecule has 3 heteroatoms. The molecular weight excluding hydrogens is 234 g/mol. The second-order valence-corrected chi connectivity index (χ2v) is 4.97. The van der Waals surface area contributed by atoms with Crippen molar-refractivity contribution < 1.29 is 4.79 Å². The number of anilines is 1. The molecule has 0 aliphatic heterocycles. The van der Waals surface area contributed by atoms with Gasteiger partial charge in [-0.25, -0.2) is 0 Å². The summed E-state index contributed by atoms with van der Waals surface area (Å²) in [5, 5.41) is 0. The Labute approximate surface area is 109 Å². The van der Waals surface area contributed by atoms with Gasteiger partial charge in [-0.05, 0) is 30.0 Å². The SMILES string of the molecule is Cc1ccc(C(C)C)cc1N(C)C(=O)CCCl. The number of hydrogen-bond donors (Lipinski definition) is 0. The highest BCUT2D eigenvalue weighted by Crippen LogP contribution is 2.25. The Bertz CT molecular complexity index is 401.